The quantitative estimate of drug-likeness (QED) is 0.808. The maximum absolute atomic E-state index is 8.90. The highest BCUT2D eigenvalue weighted by Crippen LogP contribution is 2.23. The van der Waals surface area contributed by atoms with E-state index in [2.05, 4.69) is 6.92 Å². The van der Waals surface area contributed by atoms with Crippen LogP contribution in [0.1, 0.15) is 5.56 Å². The van der Waals surface area contributed by atoms with Gasteiger partial charge in [-0.25, -0.2) is 0 Å². The molecule has 0 atom stereocenters. The van der Waals surface area contributed by atoms with E-state index in [0.717, 1.165) is 10.5 Å². The first-order valence-corrected chi connectivity index (χ1v) is 4.96. The third-order valence-electron chi connectivity index (χ3n) is 2.38. The molecule has 2 rings (SSSR count). The van der Waals surface area contributed by atoms with Gasteiger partial charge in [0.2, 0.25) is 0 Å². The molecule has 0 amide bonds. The van der Waals surface area contributed by atoms with Gasteiger partial charge in [-0.3, -0.25) is 0 Å². The molecule has 0 aliphatic heterocycles. The Kier molecular flexibility index (Phi) is 2.48. The highest BCUT2D eigenvalue weighted by Gasteiger charge is 2.04. The van der Waals surface area contributed by atoms with Crippen molar-refractivity contribution in [2.45, 2.75) is 13.5 Å². The molecule has 2 aromatic rings. The molecule has 14 heavy (non-hydrogen) atoms. The molecule has 0 aliphatic rings. The van der Waals surface area contributed by atoms with Crippen LogP contribution in [0, 0.1) is 6.92 Å². The standard InChI is InChI=1S/C11H12ClNO/c1-8-7-13(4-5-14)11-6-9(12)2-3-10(8)11/h2-3,6-7,14H,4-5H2,1H3. The first-order valence-electron chi connectivity index (χ1n) is 4.58. The van der Waals surface area contributed by atoms with Gasteiger partial charge in [0.05, 0.1) is 6.61 Å². The Morgan fingerprint density at radius 2 is 2.21 bits per heavy atom. The summed E-state index contributed by atoms with van der Waals surface area (Å²) in [6, 6.07) is 5.83. The van der Waals surface area contributed by atoms with Gasteiger partial charge < -0.3 is 9.67 Å². The second-order valence-electron chi connectivity index (χ2n) is 3.39. The van der Waals surface area contributed by atoms with E-state index in [9.17, 15) is 0 Å². The Balaban J connectivity index is 2.66. The number of hydrogen-bond acceptors (Lipinski definition) is 1. The molecule has 1 aromatic carbocycles. The van der Waals surface area contributed by atoms with Crippen molar-refractivity contribution < 1.29 is 5.11 Å². The van der Waals surface area contributed by atoms with Crippen LogP contribution in [-0.2, 0) is 6.54 Å². The number of aliphatic hydroxyl groups is 1. The molecule has 0 saturated heterocycles. The molecule has 0 spiro atoms. The molecule has 0 unspecified atom stereocenters. The average molecular weight is 210 g/mol. The SMILES string of the molecule is Cc1cn(CCO)c2cc(Cl)ccc12. The number of halogens is 1. The Labute approximate surface area is 87.7 Å². The van der Waals surface area contributed by atoms with Crippen LogP contribution in [0.4, 0.5) is 0 Å². The van der Waals surface area contributed by atoms with Crippen LogP contribution in [0.3, 0.4) is 0 Å². The van der Waals surface area contributed by atoms with Crippen LogP contribution in [0.15, 0.2) is 24.4 Å². The predicted octanol–water partition coefficient (Wildman–Crippen LogP) is 2.60. The fourth-order valence-corrected chi connectivity index (χ4v) is 1.91. The summed E-state index contributed by atoms with van der Waals surface area (Å²) < 4.78 is 2.02. The topological polar surface area (TPSA) is 25.2 Å². The van der Waals surface area contributed by atoms with Crippen LogP contribution in [-0.4, -0.2) is 16.3 Å². The third-order valence-corrected chi connectivity index (χ3v) is 2.62. The smallest absolute Gasteiger partial charge is 0.0610 e. The first kappa shape index (κ1) is 9.56. The minimum atomic E-state index is 0.149. The van der Waals surface area contributed by atoms with Crippen LogP contribution in [0.5, 0.6) is 0 Å². The van der Waals surface area contributed by atoms with Crippen LogP contribution in [0.2, 0.25) is 5.02 Å². The summed E-state index contributed by atoms with van der Waals surface area (Å²) >= 11 is 5.92. The molecule has 0 bridgehead atoms. The Morgan fingerprint density at radius 1 is 1.43 bits per heavy atom. The summed E-state index contributed by atoms with van der Waals surface area (Å²) in [7, 11) is 0. The number of fused-ring (bicyclic) bond motifs is 1. The Morgan fingerprint density at radius 3 is 2.93 bits per heavy atom. The lowest BCUT2D eigenvalue weighted by atomic mass is 10.2. The van der Waals surface area contributed by atoms with Crippen molar-refractivity contribution in [2.24, 2.45) is 0 Å². The van der Waals surface area contributed by atoms with Crippen molar-refractivity contribution in [1.29, 1.82) is 0 Å². The first-order chi connectivity index (χ1) is 6.72. The van der Waals surface area contributed by atoms with Crippen LogP contribution in [0.25, 0.3) is 10.9 Å². The van der Waals surface area contributed by atoms with Gasteiger partial charge in [0.1, 0.15) is 0 Å². The number of aryl methyl sites for hydroxylation is 1. The molecule has 3 heteroatoms. The summed E-state index contributed by atoms with van der Waals surface area (Å²) in [5.74, 6) is 0. The number of aliphatic hydroxyl groups excluding tert-OH is 1. The summed E-state index contributed by atoms with van der Waals surface area (Å²) in [6.07, 6.45) is 2.04. The summed E-state index contributed by atoms with van der Waals surface area (Å²) in [5, 5.41) is 10.8. The molecular formula is C11H12ClNO. The third kappa shape index (κ3) is 1.51. The lowest BCUT2D eigenvalue weighted by Gasteiger charge is -2.01. The van der Waals surface area contributed by atoms with Crippen molar-refractivity contribution in [2.75, 3.05) is 6.61 Å². The molecule has 0 fully saturated rings. The molecule has 1 aromatic heterocycles. The normalized spacial score (nSPS) is 11.1. The molecular weight excluding hydrogens is 198 g/mol. The fourth-order valence-electron chi connectivity index (χ4n) is 1.74. The van der Waals surface area contributed by atoms with Crippen LogP contribution >= 0.6 is 11.6 Å². The van der Waals surface area contributed by atoms with Gasteiger partial charge in [-0.15, -0.1) is 0 Å². The summed E-state index contributed by atoms with van der Waals surface area (Å²) in [4.78, 5) is 0. The lowest BCUT2D eigenvalue weighted by molar-refractivity contribution is 0.278. The number of nitrogens with zero attached hydrogens (tertiary/aromatic N) is 1. The molecule has 74 valence electrons. The highest BCUT2D eigenvalue weighted by atomic mass is 35.5. The van der Waals surface area contributed by atoms with Gasteiger partial charge >= 0.3 is 0 Å². The van der Waals surface area contributed by atoms with E-state index in [4.69, 9.17) is 16.7 Å². The van der Waals surface area contributed by atoms with E-state index < -0.39 is 0 Å². The van der Waals surface area contributed by atoms with Gasteiger partial charge in [0.15, 0.2) is 0 Å². The minimum absolute atomic E-state index is 0.149. The number of hydrogen-bond donors (Lipinski definition) is 1. The molecule has 1 N–H and O–H groups in total. The highest BCUT2D eigenvalue weighted by molar-refractivity contribution is 6.31. The van der Waals surface area contributed by atoms with Gasteiger partial charge in [-0.05, 0) is 24.6 Å². The van der Waals surface area contributed by atoms with Gasteiger partial charge in [-0.2, -0.15) is 0 Å². The Bertz CT molecular complexity index is 462. The second kappa shape index (κ2) is 3.64. The van der Waals surface area contributed by atoms with Crippen molar-refractivity contribution in [3.8, 4) is 0 Å². The Hall–Kier alpha value is -0.990. The fraction of sp³-hybridized carbons (Fsp3) is 0.273. The number of aromatic nitrogens is 1. The average Bonchev–Trinajstić information content (AvgIpc) is 2.44. The second-order valence-corrected chi connectivity index (χ2v) is 3.83. The predicted molar refractivity (Wildman–Crippen MR) is 58.8 cm³/mol. The zero-order valence-electron chi connectivity index (χ0n) is 8.00. The van der Waals surface area contributed by atoms with Gasteiger partial charge in [-0.1, -0.05) is 17.7 Å². The molecule has 0 saturated carbocycles. The maximum Gasteiger partial charge on any atom is 0.0610 e. The van der Waals surface area contributed by atoms with E-state index in [1.165, 1.54) is 10.9 Å². The van der Waals surface area contributed by atoms with E-state index in [1.54, 1.807) is 0 Å². The number of rotatable bonds is 2. The lowest BCUT2D eigenvalue weighted by Crippen LogP contribution is -1.99. The molecule has 2 nitrogen and oxygen atoms in total. The summed E-state index contributed by atoms with van der Waals surface area (Å²) in [6.45, 7) is 2.82. The zero-order valence-corrected chi connectivity index (χ0v) is 8.75. The molecule has 1 heterocycles. The van der Waals surface area contributed by atoms with E-state index in [1.807, 2.05) is 29.0 Å². The van der Waals surface area contributed by atoms with Crippen molar-refractivity contribution in [3.05, 3.63) is 35.0 Å². The van der Waals surface area contributed by atoms with E-state index in [-0.39, 0.29) is 6.61 Å². The van der Waals surface area contributed by atoms with Crippen LogP contribution < -0.4 is 0 Å². The maximum atomic E-state index is 8.90. The monoisotopic (exact) mass is 209 g/mol. The number of benzene rings is 1. The van der Waals surface area contributed by atoms with Crippen molar-refractivity contribution in [1.82, 2.24) is 4.57 Å². The van der Waals surface area contributed by atoms with Crippen molar-refractivity contribution in [3.63, 3.8) is 0 Å². The zero-order chi connectivity index (χ0) is 10.1. The van der Waals surface area contributed by atoms with Gasteiger partial charge in [0.25, 0.3) is 0 Å². The molecule has 0 aliphatic carbocycles. The molecule has 0 radical (unpaired) electrons. The van der Waals surface area contributed by atoms with Crippen molar-refractivity contribution >= 4 is 22.5 Å². The summed E-state index contributed by atoms with van der Waals surface area (Å²) in [5.41, 5.74) is 2.30. The van der Waals surface area contributed by atoms with E-state index >= 15 is 0 Å². The van der Waals surface area contributed by atoms with Gasteiger partial charge in [0, 0.05) is 28.7 Å². The van der Waals surface area contributed by atoms with E-state index in [0.29, 0.717) is 6.54 Å². The minimum Gasteiger partial charge on any atom is -0.395 e. The largest absolute Gasteiger partial charge is 0.395 e.